The summed E-state index contributed by atoms with van der Waals surface area (Å²) in [5.74, 6) is 0. The van der Waals surface area contributed by atoms with Crippen LogP contribution >= 0.6 is 0 Å². The largest absolute Gasteiger partial charge is 0.418 e. The summed E-state index contributed by atoms with van der Waals surface area (Å²) in [5.41, 5.74) is 0.0296. The molecule has 0 amide bonds. The molecule has 0 saturated heterocycles. The maximum Gasteiger partial charge on any atom is 0.418 e. The van der Waals surface area contributed by atoms with E-state index in [1.54, 1.807) is 6.07 Å². The second kappa shape index (κ2) is 7.50. The molecule has 0 aliphatic heterocycles. The van der Waals surface area contributed by atoms with Crippen LogP contribution in [0.1, 0.15) is 24.5 Å². The van der Waals surface area contributed by atoms with Gasteiger partial charge in [-0.3, -0.25) is 0 Å². The van der Waals surface area contributed by atoms with Gasteiger partial charge in [-0.05, 0) is 30.7 Å². The minimum absolute atomic E-state index is 0.0887. The molecule has 20 heavy (non-hydrogen) atoms. The van der Waals surface area contributed by atoms with Crippen molar-refractivity contribution < 1.29 is 18.3 Å². The fraction of sp³-hybridized carbons (Fsp3) is 0.571. The van der Waals surface area contributed by atoms with Crippen molar-refractivity contribution in [2.75, 3.05) is 31.6 Å². The van der Waals surface area contributed by atoms with Gasteiger partial charge in [-0.15, -0.1) is 0 Å². The van der Waals surface area contributed by atoms with Crippen molar-refractivity contribution in [3.05, 3.63) is 29.3 Å². The van der Waals surface area contributed by atoms with E-state index in [-0.39, 0.29) is 18.8 Å². The Morgan fingerprint density at radius 2 is 2.00 bits per heavy atom. The Bertz CT molecular complexity index is 421. The van der Waals surface area contributed by atoms with Gasteiger partial charge in [-0.25, -0.2) is 0 Å². The number of benzene rings is 1. The van der Waals surface area contributed by atoms with E-state index in [2.05, 4.69) is 5.32 Å². The first kappa shape index (κ1) is 16.8. The van der Waals surface area contributed by atoms with Crippen LogP contribution in [0.2, 0.25) is 0 Å². The third-order valence-electron chi connectivity index (χ3n) is 2.97. The molecule has 0 aromatic heterocycles. The molecule has 0 bridgehead atoms. The highest BCUT2D eigenvalue weighted by atomic mass is 19.4. The topological polar surface area (TPSA) is 35.5 Å². The van der Waals surface area contributed by atoms with Crippen molar-refractivity contribution in [1.82, 2.24) is 5.32 Å². The van der Waals surface area contributed by atoms with E-state index in [9.17, 15) is 13.2 Å². The van der Waals surface area contributed by atoms with E-state index in [1.807, 2.05) is 6.92 Å². The fourth-order valence-corrected chi connectivity index (χ4v) is 1.93. The van der Waals surface area contributed by atoms with Crippen LogP contribution < -0.4 is 10.2 Å². The average Bonchev–Trinajstić information content (AvgIpc) is 2.38. The summed E-state index contributed by atoms with van der Waals surface area (Å²) in [7, 11) is 1.54. The van der Waals surface area contributed by atoms with E-state index in [0.717, 1.165) is 13.0 Å². The zero-order valence-electron chi connectivity index (χ0n) is 11.8. The minimum Gasteiger partial charge on any atom is -0.395 e. The minimum atomic E-state index is -4.40. The third-order valence-corrected chi connectivity index (χ3v) is 2.97. The summed E-state index contributed by atoms with van der Waals surface area (Å²) >= 11 is 0. The molecule has 1 aromatic carbocycles. The SMILES string of the molecule is CCCNCc1ccc(N(C)CCO)c(C(F)(F)F)c1. The normalized spacial score (nSPS) is 11.7. The predicted molar refractivity (Wildman–Crippen MR) is 73.8 cm³/mol. The lowest BCUT2D eigenvalue weighted by Gasteiger charge is -2.23. The summed E-state index contributed by atoms with van der Waals surface area (Å²) in [5, 5.41) is 11.9. The molecule has 1 rings (SSSR count). The Labute approximate surface area is 117 Å². The van der Waals surface area contributed by atoms with Gasteiger partial charge < -0.3 is 15.3 Å². The number of hydrogen-bond donors (Lipinski definition) is 2. The van der Waals surface area contributed by atoms with Gasteiger partial charge in [-0.2, -0.15) is 13.2 Å². The maximum atomic E-state index is 13.1. The lowest BCUT2D eigenvalue weighted by molar-refractivity contribution is -0.137. The van der Waals surface area contributed by atoms with Crippen LogP contribution in [0, 0.1) is 0 Å². The van der Waals surface area contributed by atoms with Crippen LogP contribution in [-0.4, -0.2) is 31.9 Å². The van der Waals surface area contributed by atoms with Crippen molar-refractivity contribution in [3.63, 3.8) is 0 Å². The summed E-state index contributed by atoms with van der Waals surface area (Å²) in [6, 6.07) is 4.31. The molecule has 0 saturated carbocycles. The lowest BCUT2D eigenvalue weighted by Crippen LogP contribution is -2.25. The van der Waals surface area contributed by atoms with Crippen LogP contribution in [0.15, 0.2) is 18.2 Å². The van der Waals surface area contributed by atoms with Crippen LogP contribution in [-0.2, 0) is 12.7 Å². The van der Waals surface area contributed by atoms with Crippen molar-refractivity contribution in [1.29, 1.82) is 0 Å². The molecule has 0 aliphatic rings. The van der Waals surface area contributed by atoms with Gasteiger partial charge in [0.25, 0.3) is 0 Å². The van der Waals surface area contributed by atoms with Gasteiger partial charge in [0.2, 0.25) is 0 Å². The average molecular weight is 290 g/mol. The Morgan fingerprint density at radius 1 is 1.30 bits per heavy atom. The highest BCUT2D eigenvalue weighted by Crippen LogP contribution is 2.36. The number of hydrogen-bond acceptors (Lipinski definition) is 3. The van der Waals surface area contributed by atoms with Crippen molar-refractivity contribution in [2.24, 2.45) is 0 Å². The van der Waals surface area contributed by atoms with Gasteiger partial charge in [0, 0.05) is 25.8 Å². The van der Waals surface area contributed by atoms with Gasteiger partial charge >= 0.3 is 6.18 Å². The van der Waals surface area contributed by atoms with E-state index >= 15 is 0 Å². The van der Waals surface area contributed by atoms with Crippen molar-refractivity contribution in [3.8, 4) is 0 Å². The van der Waals surface area contributed by atoms with Crippen LogP contribution in [0.3, 0.4) is 0 Å². The van der Waals surface area contributed by atoms with Gasteiger partial charge in [0.05, 0.1) is 12.2 Å². The molecule has 0 fully saturated rings. The quantitative estimate of drug-likeness (QED) is 0.758. The number of rotatable bonds is 7. The Morgan fingerprint density at radius 3 is 2.55 bits per heavy atom. The van der Waals surface area contributed by atoms with E-state index in [1.165, 1.54) is 24.1 Å². The monoisotopic (exact) mass is 290 g/mol. The highest BCUT2D eigenvalue weighted by molar-refractivity contribution is 5.56. The molecule has 6 heteroatoms. The smallest absolute Gasteiger partial charge is 0.395 e. The van der Waals surface area contributed by atoms with Gasteiger partial charge in [0.15, 0.2) is 0 Å². The second-order valence-corrected chi connectivity index (χ2v) is 4.67. The standard InChI is InChI=1S/C14H21F3N2O/c1-3-6-18-10-11-4-5-13(19(2)7-8-20)12(9-11)14(15,16)17/h4-5,9,18,20H,3,6-8,10H2,1-2H3. The summed E-state index contributed by atoms with van der Waals surface area (Å²) in [6.45, 7) is 3.17. The van der Waals surface area contributed by atoms with Crippen LogP contribution in [0.4, 0.5) is 18.9 Å². The number of nitrogens with zero attached hydrogens (tertiary/aromatic N) is 1. The Balaban J connectivity index is 3.01. The number of alkyl halides is 3. The summed E-state index contributed by atoms with van der Waals surface area (Å²) in [4.78, 5) is 1.41. The first-order chi connectivity index (χ1) is 9.40. The zero-order valence-corrected chi connectivity index (χ0v) is 11.8. The van der Waals surface area contributed by atoms with Crippen LogP contribution in [0.25, 0.3) is 0 Å². The number of likely N-dealkylation sites (N-methyl/N-ethyl adjacent to an activating group) is 1. The zero-order chi connectivity index (χ0) is 15.2. The first-order valence-electron chi connectivity index (χ1n) is 6.63. The van der Waals surface area contributed by atoms with E-state index in [4.69, 9.17) is 5.11 Å². The maximum absolute atomic E-state index is 13.1. The fourth-order valence-electron chi connectivity index (χ4n) is 1.93. The number of nitrogens with one attached hydrogen (secondary N) is 1. The second-order valence-electron chi connectivity index (χ2n) is 4.67. The molecular formula is C14H21F3N2O. The summed E-state index contributed by atoms with van der Waals surface area (Å²) in [6.07, 6.45) is -3.47. The molecule has 0 atom stereocenters. The molecule has 0 unspecified atom stereocenters. The molecular weight excluding hydrogens is 269 g/mol. The van der Waals surface area contributed by atoms with Gasteiger partial charge in [-0.1, -0.05) is 13.0 Å². The van der Waals surface area contributed by atoms with Gasteiger partial charge in [0.1, 0.15) is 0 Å². The Hall–Kier alpha value is -1.27. The van der Waals surface area contributed by atoms with E-state index in [0.29, 0.717) is 12.1 Å². The molecule has 0 spiro atoms. The van der Waals surface area contributed by atoms with Crippen molar-refractivity contribution >= 4 is 5.69 Å². The van der Waals surface area contributed by atoms with Crippen LogP contribution in [0.5, 0.6) is 0 Å². The predicted octanol–water partition coefficient (Wildman–Crippen LogP) is 2.63. The number of aliphatic hydroxyl groups excluding tert-OH is 1. The Kier molecular flexibility index (Phi) is 6.29. The van der Waals surface area contributed by atoms with Crippen molar-refractivity contribution in [2.45, 2.75) is 26.1 Å². The molecule has 0 aliphatic carbocycles. The molecule has 114 valence electrons. The number of halogens is 3. The third kappa shape index (κ3) is 4.68. The van der Waals surface area contributed by atoms with E-state index < -0.39 is 11.7 Å². The molecule has 0 heterocycles. The highest BCUT2D eigenvalue weighted by Gasteiger charge is 2.34. The lowest BCUT2D eigenvalue weighted by atomic mass is 10.1. The number of aliphatic hydroxyl groups is 1. The molecule has 0 radical (unpaired) electrons. The molecule has 1 aromatic rings. The summed E-state index contributed by atoms with van der Waals surface area (Å²) < 4.78 is 39.3. The number of anilines is 1. The first-order valence-corrected chi connectivity index (χ1v) is 6.63. The molecule has 2 N–H and O–H groups in total. The molecule has 3 nitrogen and oxygen atoms in total.